The fraction of sp³-hybridized carbons (Fsp3) is 0.765. The van der Waals surface area contributed by atoms with E-state index in [1.807, 2.05) is 0 Å². The Kier molecular flexibility index (Phi) is 13.5. The van der Waals surface area contributed by atoms with Gasteiger partial charge in [0.05, 0.1) is 6.42 Å². The summed E-state index contributed by atoms with van der Waals surface area (Å²) < 4.78 is 9.67. The number of carboxylic acids is 1. The van der Waals surface area contributed by atoms with Gasteiger partial charge in [-0.3, -0.25) is 14.4 Å². The zero-order valence-electron chi connectivity index (χ0n) is 14.4. The van der Waals surface area contributed by atoms with Crippen molar-refractivity contribution >= 4 is 23.7 Å². The molecule has 0 saturated carbocycles. The second-order valence-corrected chi connectivity index (χ2v) is 5.54. The van der Waals surface area contributed by atoms with E-state index < -0.39 is 24.1 Å². The summed E-state index contributed by atoms with van der Waals surface area (Å²) in [4.78, 5) is 43.7. The van der Waals surface area contributed by atoms with Gasteiger partial charge in [-0.2, -0.15) is 0 Å². The van der Waals surface area contributed by atoms with Gasteiger partial charge >= 0.3 is 17.9 Å². The molecule has 0 fully saturated rings. The van der Waals surface area contributed by atoms with E-state index in [2.05, 4.69) is 6.92 Å². The highest BCUT2D eigenvalue weighted by Crippen LogP contribution is 2.08. The van der Waals surface area contributed by atoms with Crippen LogP contribution in [0, 0.1) is 0 Å². The van der Waals surface area contributed by atoms with Crippen molar-refractivity contribution in [3.63, 3.8) is 0 Å². The number of rotatable bonds is 15. The lowest BCUT2D eigenvalue weighted by Crippen LogP contribution is -2.17. The van der Waals surface area contributed by atoms with Gasteiger partial charge in [0.25, 0.3) is 0 Å². The van der Waals surface area contributed by atoms with Crippen LogP contribution in [-0.4, -0.2) is 42.0 Å². The van der Waals surface area contributed by atoms with Crippen molar-refractivity contribution in [3.05, 3.63) is 0 Å². The first-order chi connectivity index (χ1) is 11.5. The third-order valence-corrected chi connectivity index (χ3v) is 3.39. The summed E-state index contributed by atoms with van der Waals surface area (Å²) in [6, 6.07) is 0. The van der Waals surface area contributed by atoms with Crippen molar-refractivity contribution < 1.29 is 33.8 Å². The first-order valence-corrected chi connectivity index (χ1v) is 8.54. The zero-order valence-corrected chi connectivity index (χ0v) is 14.4. The largest absolute Gasteiger partial charge is 0.476 e. The highest BCUT2D eigenvalue weighted by atomic mass is 16.6. The Balaban J connectivity index is 3.46. The van der Waals surface area contributed by atoms with Gasteiger partial charge in [-0.05, 0) is 6.42 Å². The Hall–Kier alpha value is -1.92. The molecule has 1 N–H and O–H groups in total. The fourth-order valence-electron chi connectivity index (χ4n) is 2.00. The molecule has 0 bridgehead atoms. The monoisotopic (exact) mass is 344 g/mol. The van der Waals surface area contributed by atoms with E-state index in [9.17, 15) is 19.2 Å². The van der Waals surface area contributed by atoms with E-state index in [0.717, 1.165) is 19.3 Å². The number of ether oxygens (including phenoxy) is 2. The van der Waals surface area contributed by atoms with Crippen LogP contribution >= 0.6 is 0 Å². The number of carbonyl (C=O) groups excluding carboxylic acids is 3. The van der Waals surface area contributed by atoms with Gasteiger partial charge in [0.1, 0.15) is 13.2 Å². The third-order valence-electron chi connectivity index (χ3n) is 3.39. The van der Waals surface area contributed by atoms with Crippen molar-refractivity contribution in [1.29, 1.82) is 0 Å². The van der Waals surface area contributed by atoms with Crippen LogP contribution in [0.15, 0.2) is 0 Å². The molecule has 0 amide bonds. The Morgan fingerprint density at radius 1 is 0.708 bits per heavy atom. The number of unbranched alkanes of at least 4 members (excludes halogenated alkanes) is 6. The van der Waals surface area contributed by atoms with E-state index in [1.54, 1.807) is 0 Å². The SMILES string of the molecule is CCCCCCCCCC(=O)OCCOC(=O)CCC(=O)C(=O)O. The molecule has 0 heterocycles. The number of carboxylic acid groups (broad SMARTS) is 1. The molecule has 0 aromatic heterocycles. The molecule has 0 aromatic rings. The van der Waals surface area contributed by atoms with Crippen molar-refractivity contribution in [2.45, 2.75) is 71.1 Å². The van der Waals surface area contributed by atoms with Crippen molar-refractivity contribution in [1.82, 2.24) is 0 Å². The average molecular weight is 344 g/mol. The highest BCUT2D eigenvalue weighted by Gasteiger charge is 2.14. The van der Waals surface area contributed by atoms with Crippen molar-refractivity contribution in [3.8, 4) is 0 Å². The Morgan fingerprint density at radius 3 is 1.75 bits per heavy atom. The average Bonchev–Trinajstić information content (AvgIpc) is 2.55. The molecule has 0 saturated heterocycles. The molecule has 0 aliphatic carbocycles. The first-order valence-electron chi connectivity index (χ1n) is 8.54. The number of aliphatic carboxylic acids is 1. The lowest BCUT2D eigenvalue weighted by molar-refractivity contribution is -0.154. The molecule has 7 heteroatoms. The maximum atomic E-state index is 11.4. The Morgan fingerprint density at radius 2 is 1.21 bits per heavy atom. The normalized spacial score (nSPS) is 10.2. The van der Waals surface area contributed by atoms with Crippen LogP contribution in [0.3, 0.4) is 0 Å². The minimum absolute atomic E-state index is 0.0338. The molecule has 0 aromatic carbocycles. The smallest absolute Gasteiger partial charge is 0.372 e. The summed E-state index contributed by atoms with van der Waals surface area (Å²) in [6.07, 6.45) is 7.50. The molecule has 0 radical (unpaired) electrons. The van der Waals surface area contributed by atoms with Gasteiger partial charge in [-0.1, -0.05) is 45.4 Å². The van der Waals surface area contributed by atoms with Crippen LogP contribution in [0.2, 0.25) is 0 Å². The van der Waals surface area contributed by atoms with Gasteiger partial charge in [0.2, 0.25) is 5.78 Å². The van der Waals surface area contributed by atoms with Gasteiger partial charge < -0.3 is 14.6 Å². The number of carbonyl (C=O) groups is 4. The molecule has 138 valence electrons. The van der Waals surface area contributed by atoms with Crippen LogP contribution in [-0.2, 0) is 28.7 Å². The molecule has 7 nitrogen and oxygen atoms in total. The van der Waals surface area contributed by atoms with E-state index in [4.69, 9.17) is 14.6 Å². The second-order valence-electron chi connectivity index (χ2n) is 5.54. The van der Waals surface area contributed by atoms with Crippen LogP contribution in [0.4, 0.5) is 0 Å². The number of hydrogen-bond acceptors (Lipinski definition) is 6. The second kappa shape index (κ2) is 14.7. The maximum absolute atomic E-state index is 11.4. The molecule has 0 spiro atoms. The molecule has 0 rings (SSSR count). The quantitative estimate of drug-likeness (QED) is 0.276. The predicted molar refractivity (Wildman–Crippen MR) is 86.4 cm³/mol. The summed E-state index contributed by atoms with van der Waals surface area (Å²) in [7, 11) is 0. The number of ketones is 1. The summed E-state index contributed by atoms with van der Waals surface area (Å²) in [5.41, 5.74) is 0. The van der Waals surface area contributed by atoms with Crippen LogP contribution in [0.1, 0.15) is 71.1 Å². The summed E-state index contributed by atoms with van der Waals surface area (Å²) in [5.74, 6) is -3.61. The third kappa shape index (κ3) is 13.7. The standard InChI is InChI=1S/C17H28O7/c1-2-3-4-5-6-7-8-9-15(19)23-12-13-24-16(20)11-10-14(18)17(21)22/h2-13H2,1H3,(H,21,22). The molecular formula is C17H28O7. The Labute approximate surface area is 142 Å². The van der Waals surface area contributed by atoms with E-state index in [1.165, 1.54) is 25.7 Å². The van der Waals surface area contributed by atoms with Crippen LogP contribution in [0.25, 0.3) is 0 Å². The molecule has 0 atom stereocenters. The topological polar surface area (TPSA) is 107 Å². The van der Waals surface area contributed by atoms with E-state index in [0.29, 0.717) is 6.42 Å². The summed E-state index contributed by atoms with van der Waals surface area (Å²) in [5, 5.41) is 8.35. The molecular weight excluding hydrogens is 316 g/mol. The van der Waals surface area contributed by atoms with Gasteiger partial charge in [-0.25, -0.2) is 4.79 Å². The summed E-state index contributed by atoms with van der Waals surface area (Å²) in [6.45, 7) is 2.04. The molecule has 0 aliphatic rings. The van der Waals surface area contributed by atoms with Crippen molar-refractivity contribution in [2.75, 3.05) is 13.2 Å². The fourth-order valence-corrected chi connectivity index (χ4v) is 2.00. The highest BCUT2D eigenvalue weighted by molar-refractivity contribution is 6.32. The zero-order chi connectivity index (χ0) is 18.2. The molecule has 0 unspecified atom stereocenters. The summed E-state index contributed by atoms with van der Waals surface area (Å²) >= 11 is 0. The van der Waals surface area contributed by atoms with Gasteiger partial charge in [-0.15, -0.1) is 0 Å². The van der Waals surface area contributed by atoms with E-state index >= 15 is 0 Å². The maximum Gasteiger partial charge on any atom is 0.372 e. The lowest BCUT2D eigenvalue weighted by atomic mass is 10.1. The van der Waals surface area contributed by atoms with Crippen LogP contribution in [0.5, 0.6) is 0 Å². The number of Topliss-reactive ketones (excluding diaryl/α,β-unsaturated/α-hetero) is 1. The van der Waals surface area contributed by atoms with Crippen molar-refractivity contribution in [2.24, 2.45) is 0 Å². The Bertz CT molecular complexity index is 404. The van der Waals surface area contributed by atoms with Gasteiger partial charge in [0, 0.05) is 12.8 Å². The van der Waals surface area contributed by atoms with Crippen LogP contribution < -0.4 is 0 Å². The first kappa shape index (κ1) is 22.1. The lowest BCUT2D eigenvalue weighted by Gasteiger charge is -2.06. The van der Waals surface area contributed by atoms with E-state index in [-0.39, 0.29) is 25.6 Å². The predicted octanol–water partition coefficient (Wildman–Crippen LogP) is 2.65. The molecule has 0 aliphatic heterocycles. The number of esters is 2. The van der Waals surface area contributed by atoms with Gasteiger partial charge in [0.15, 0.2) is 0 Å². The minimum atomic E-state index is -1.57. The minimum Gasteiger partial charge on any atom is -0.476 e. The number of hydrogen-bond donors (Lipinski definition) is 1. The molecule has 24 heavy (non-hydrogen) atoms.